The van der Waals surface area contributed by atoms with E-state index in [-0.39, 0.29) is 12.6 Å². The zero-order valence-electron chi connectivity index (χ0n) is 15.1. The Morgan fingerprint density at radius 3 is 2.08 bits per heavy atom. The van der Waals surface area contributed by atoms with Crippen LogP contribution in [-0.2, 0) is 25.4 Å². The number of ether oxygens (including phenoxy) is 1. The molecule has 4 rings (SSSR count). The number of aliphatic hydroxyl groups excluding tert-OH is 1. The molecule has 0 saturated carbocycles. The van der Waals surface area contributed by atoms with Crippen LogP contribution in [-0.4, -0.2) is 27.3 Å². The predicted octanol–water partition coefficient (Wildman–Crippen LogP) is 3.64. The van der Waals surface area contributed by atoms with Crippen LogP contribution >= 0.6 is 0 Å². The van der Waals surface area contributed by atoms with Crippen molar-refractivity contribution in [2.24, 2.45) is 14.1 Å². The first-order valence-corrected chi connectivity index (χ1v) is 8.31. The van der Waals surface area contributed by atoms with Gasteiger partial charge >= 0.3 is 5.97 Å². The highest BCUT2D eigenvalue weighted by molar-refractivity contribution is 5.94. The predicted molar refractivity (Wildman–Crippen MR) is 103 cm³/mol. The number of esters is 1. The van der Waals surface area contributed by atoms with E-state index >= 15 is 0 Å². The molecule has 0 unspecified atom stereocenters. The molecule has 0 bridgehead atoms. The summed E-state index contributed by atoms with van der Waals surface area (Å²) in [6.45, 7) is 0.112. The number of aromatic nitrogens is 2. The number of carbonyl (C=O) groups is 1. The lowest BCUT2D eigenvalue weighted by Crippen LogP contribution is -2.00. The van der Waals surface area contributed by atoms with Crippen LogP contribution in [0, 0.1) is 0 Å². The Labute approximate surface area is 152 Å². The minimum absolute atomic E-state index is 0.112. The summed E-state index contributed by atoms with van der Waals surface area (Å²) in [6, 6.07) is 15.6. The van der Waals surface area contributed by atoms with E-state index in [1.807, 2.05) is 67.5 Å². The van der Waals surface area contributed by atoms with Gasteiger partial charge < -0.3 is 19.0 Å². The van der Waals surface area contributed by atoms with Gasteiger partial charge in [-0.2, -0.15) is 0 Å². The van der Waals surface area contributed by atoms with Gasteiger partial charge in [-0.1, -0.05) is 18.2 Å². The zero-order chi connectivity index (χ0) is 18.7. The molecule has 0 saturated heterocycles. The molecule has 0 amide bonds. The standard InChI is InChI=1S/C11H11NO2.C10H11NO/c1-12-6-5-8-3-4-9(7-10(8)12)11(13)14-2;1-11-5-4-9-3-2-8(7-12)6-10(9)11/h3-7H,1-2H3;2-6,12H,7H2,1H3. The second kappa shape index (κ2) is 7.45. The Morgan fingerprint density at radius 1 is 0.923 bits per heavy atom. The van der Waals surface area contributed by atoms with Crippen molar-refractivity contribution in [3.8, 4) is 0 Å². The fraction of sp³-hybridized carbons (Fsp3) is 0.190. The third-order valence-corrected chi connectivity index (χ3v) is 4.44. The van der Waals surface area contributed by atoms with Gasteiger partial charge in [0.2, 0.25) is 0 Å². The lowest BCUT2D eigenvalue weighted by Gasteiger charge is -2.00. The van der Waals surface area contributed by atoms with Crippen LogP contribution in [0.15, 0.2) is 60.9 Å². The quantitative estimate of drug-likeness (QED) is 0.562. The van der Waals surface area contributed by atoms with Gasteiger partial charge in [0.25, 0.3) is 0 Å². The van der Waals surface area contributed by atoms with Crippen molar-refractivity contribution in [2.75, 3.05) is 7.11 Å². The number of nitrogens with zero attached hydrogens (tertiary/aromatic N) is 2. The fourth-order valence-corrected chi connectivity index (χ4v) is 2.91. The van der Waals surface area contributed by atoms with E-state index in [1.54, 1.807) is 6.07 Å². The Morgan fingerprint density at radius 2 is 1.50 bits per heavy atom. The van der Waals surface area contributed by atoms with Crippen molar-refractivity contribution in [1.29, 1.82) is 0 Å². The fourth-order valence-electron chi connectivity index (χ4n) is 2.91. The summed E-state index contributed by atoms with van der Waals surface area (Å²) in [5.41, 5.74) is 3.75. The average Bonchev–Trinajstić information content (AvgIpc) is 3.24. The normalized spacial score (nSPS) is 10.6. The van der Waals surface area contributed by atoms with Gasteiger partial charge in [-0.25, -0.2) is 4.79 Å². The molecule has 4 aromatic rings. The van der Waals surface area contributed by atoms with Crippen LogP contribution in [0.25, 0.3) is 21.8 Å². The molecule has 134 valence electrons. The largest absolute Gasteiger partial charge is 0.465 e. The van der Waals surface area contributed by atoms with Gasteiger partial charge in [0.15, 0.2) is 0 Å². The molecule has 0 radical (unpaired) electrons. The number of aliphatic hydroxyl groups is 1. The van der Waals surface area contributed by atoms with Crippen molar-refractivity contribution in [2.45, 2.75) is 6.61 Å². The molecule has 5 nitrogen and oxygen atoms in total. The Kier molecular flexibility index (Phi) is 5.09. The molecule has 2 aromatic carbocycles. The van der Waals surface area contributed by atoms with Crippen molar-refractivity contribution >= 4 is 27.8 Å². The number of aryl methyl sites for hydroxylation is 2. The Hall–Kier alpha value is -3.05. The first-order chi connectivity index (χ1) is 12.5. The number of fused-ring (bicyclic) bond motifs is 2. The zero-order valence-corrected chi connectivity index (χ0v) is 15.1. The van der Waals surface area contributed by atoms with Gasteiger partial charge in [-0.05, 0) is 46.7 Å². The highest BCUT2D eigenvalue weighted by Gasteiger charge is 2.06. The second-order valence-electron chi connectivity index (χ2n) is 6.17. The molecule has 0 fully saturated rings. The van der Waals surface area contributed by atoms with Gasteiger partial charge in [0.05, 0.1) is 19.3 Å². The van der Waals surface area contributed by atoms with Gasteiger partial charge in [-0.15, -0.1) is 0 Å². The maximum atomic E-state index is 11.3. The minimum Gasteiger partial charge on any atom is -0.465 e. The maximum absolute atomic E-state index is 11.3. The van der Waals surface area contributed by atoms with Crippen LogP contribution in [0.5, 0.6) is 0 Å². The molecule has 0 aliphatic carbocycles. The van der Waals surface area contributed by atoms with Crippen LogP contribution in [0.2, 0.25) is 0 Å². The number of rotatable bonds is 2. The minimum atomic E-state index is -0.298. The molecule has 0 aliphatic rings. The molecule has 0 atom stereocenters. The summed E-state index contributed by atoms with van der Waals surface area (Å²) >= 11 is 0. The molecular formula is C21H22N2O3. The summed E-state index contributed by atoms with van der Waals surface area (Å²) in [4.78, 5) is 11.3. The van der Waals surface area contributed by atoms with Crippen molar-refractivity contribution in [3.05, 3.63) is 72.1 Å². The van der Waals surface area contributed by atoms with Crippen LogP contribution < -0.4 is 0 Å². The topological polar surface area (TPSA) is 56.4 Å². The highest BCUT2D eigenvalue weighted by Crippen LogP contribution is 2.17. The summed E-state index contributed by atoms with van der Waals surface area (Å²) in [5.74, 6) is -0.298. The van der Waals surface area contributed by atoms with E-state index in [4.69, 9.17) is 5.11 Å². The number of methoxy groups -OCH3 is 1. The number of hydrogen-bond donors (Lipinski definition) is 1. The molecule has 2 aromatic heterocycles. The number of hydrogen-bond acceptors (Lipinski definition) is 3. The van der Waals surface area contributed by atoms with E-state index in [0.717, 1.165) is 16.5 Å². The van der Waals surface area contributed by atoms with Crippen molar-refractivity contribution in [1.82, 2.24) is 9.13 Å². The van der Waals surface area contributed by atoms with E-state index in [1.165, 1.54) is 18.0 Å². The second-order valence-corrected chi connectivity index (χ2v) is 6.17. The smallest absolute Gasteiger partial charge is 0.337 e. The van der Waals surface area contributed by atoms with Gasteiger partial charge in [-0.3, -0.25) is 0 Å². The third kappa shape index (κ3) is 3.48. The first-order valence-electron chi connectivity index (χ1n) is 8.31. The summed E-state index contributed by atoms with van der Waals surface area (Å²) < 4.78 is 8.68. The van der Waals surface area contributed by atoms with Gasteiger partial charge in [0, 0.05) is 37.5 Å². The average molecular weight is 350 g/mol. The Balaban J connectivity index is 0.000000152. The molecule has 2 heterocycles. The summed E-state index contributed by atoms with van der Waals surface area (Å²) in [6.07, 6.45) is 3.98. The number of benzene rings is 2. The van der Waals surface area contributed by atoms with E-state index in [9.17, 15) is 4.79 Å². The SMILES string of the molecule is COC(=O)c1ccc2ccn(C)c2c1.Cn1ccc2ccc(CO)cc21. The molecule has 26 heavy (non-hydrogen) atoms. The molecule has 5 heteroatoms. The molecule has 1 N–H and O–H groups in total. The van der Waals surface area contributed by atoms with E-state index < -0.39 is 0 Å². The van der Waals surface area contributed by atoms with Crippen molar-refractivity contribution in [3.63, 3.8) is 0 Å². The molecule has 0 spiro atoms. The summed E-state index contributed by atoms with van der Waals surface area (Å²) in [5, 5.41) is 11.3. The molecular weight excluding hydrogens is 328 g/mol. The number of carbonyl (C=O) groups excluding carboxylic acids is 1. The van der Waals surface area contributed by atoms with E-state index in [2.05, 4.69) is 15.4 Å². The van der Waals surface area contributed by atoms with E-state index in [0.29, 0.717) is 5.56 Å². The van der Waals surface area contributed by atoms with Gasteiger partial charge in [0.1, 0.15) is 0 Å². The Bertz CT molecular complexity index is 1060. The van der Waals surface area contributed by atoms with Crippen LogP contribution in [0.1, 0.15) is 15.9 Å². The lowest BCUT2D eigenvalue weighted by molar-refractivity contribution is 0.0601. The van der Waals surface area contributed by atoms with Crippen LogP contribution in [0.3, 0.4) is 0 Å². The first kappa shape index (κ1) is 17.8. The van der Waals surface area contributed by atoms with Crippen molar-refractivity contribution < 1.29 is 14.6 Å². The van der Waals surface area contributed by atoms with Crippen LogP contribution in [0.4, 0.5) is 0 Å². The highest BCUT2D eigenvalue weighted by atomic mass is 16.5. The third-order valence-electron chi connectivity index (χ3n) is 4.44. The molecule has 0 aliphatic heterocycles. The monoisotopic (exact) mass is 350 g/mol. The summed E-state index contributed by atoms with van der Waals surface area (Å²) in [7, 11) is 5.34. The lowest BCUT2D eigenvalue weighted by atomic mass is 10.2. The maximum Gasteiger partial charge on any atom is 0.337 e.